The largest absolute Gasteiger partial charge is 0.481 e. The Balaban J connectivity index is 2.11. The first-order chi connectivity index (χ1) is 7.49. The molecule has 1 aliphatic rings. The second-order valence-electron chi connectivity index (χ2n) is 5.01. The zero-order chi connectivity index (χ0) is 11.9. The van der Waals surface area contributed by atoms with Gasteiger partial charge in [-0.3, -0.25) is 4.79 Å². The van der Waals surface area contributed by atoms with Crippen molar-refractivity contribution in [1.29, 1.82) is 0 Å². The Morgan fingerprint density at radius 1 is 1.25 bits per heavy atom. The molecule has 2 heteroatoms. The molecular weight excluding hydrogens is 200 g/mol. The van der Waals surface area contributed by atoms with Crippen LogP contribution in [0.2, 0.25) is 0 Å². The van der Waals surface area contributed by atoms with Crippen LogP contribution in [-0.4, -0.2) is 11.1 Å². The Kier molecular flexibility index (Phi) is 2.75. The van der Waals surface area contributed by atoms with E-state index in [-0.39, 0.29) is 5.92 Å². The lowest BCUT2D eigenvalue weighted by molar-refractivity contribution is -0.138. The third-order valence-corrected chi connectivity index (χ3v) is 3.67. The molecule has 0 saturated heterocycles. The van der Waals surface area contributed by atoms with E-state index in [2.05, 4.69) is 32.9 Å². The molecule has 1 aliphatic carbocycles. The van der Waals surface area contributed by atoms with Crippen LogP contribution in [0.15, 0.2) is 12.1 Å². The molecule has 2 rings (SSSR count). The van der Waals surface area contributed by atoms with Crippen LogP contribution in [0.3, 0.4) is 0 Å². The highest BCUT2D eigenvalue weighted by molar-refractivity contribution is 5.73. The molecule has 0 heterocycles. The fourth-order valence-electron chi connectivity index (χ4n) is 2.30. The van der Waals surface area contributed by atoms with Gasteiger partial charge in [-0.15, -0.1) is 0 Å². The van der Waals surface area contributed by atoms with Crippen LogP contribution in [0.5, 0.6) is 0 Å². The average Bonchev–Trinajstić information content (AvgIpc) is 2.93. The highest BCUT2D eigenvalue weighted by atomic mass is 16.4. The molecule has 0 aromatic heterocycles. The van der Waals surface area contributed by atoms with Crippen LogP contribution in [0.4, 0.5) is 0 Å². The molecule has 0 spiro atoms. The maximum atomic E-state index is 10.8. The molecule has 2 unspecified atom stereocenters. The molecule has 2 atom stereocenters. The molecule has 1 saturated carbocycles. The number of aryl methyl sites for hydroxylation is 3. The second-order valence-corrected chi connectivity index (χ2v) is 5.01. The monoisotopic (exact) mass is 218 g/mol. The van der Waals surface area contributed by atoms with Crippen molar-refractivity contribution >= 4 is 5.97 Å². The van der Waals surface area contributed by atoms with Crippen molar-refractivity contribution in [3.8, 4) is 0 Å². The van der Waals surface area contributed by atoms with E-state index in [1.165, 1.54) is 22.3 Å². The second kappa shape index (κ2) is 3.93. The van der Waals surface area contributed by atoms with Gasteiger partial charge in [-0.1, -0.05) is 12.1 Å². The summed E-state index contributed by atoms with van der Waals surface area (Å²) in [5.41, 5.74) is 5.22. The molecular formula is C14H18O2. The van der Waals surface area contributed by atoms with Gasteiger partial charge in [0.1, 0.15) is 0 Å². The predicted octanol–water partition coefficient (Wildman–Crippen LogP) is 2.88. The quantitative estimate of drug-likeness (QED) is 0.847. The Labute approximate surface area is 96.3 Å². The minimum absolute atomic E-state index is 0.0963. The number of carboxylic acid groups (broad SMARTS) is 1. The van der Waals surface area contributed by atoms with Gasteiger partial charge in [0.25, 0.3) is 0 Å². The summed E-state index contributed by atoms with van der Waals surface area (Å²) < 4.78 is 0. The van der Waals surface area contributed by atoms with Gasteiger partial charge in [0.05, 0.1) is 5.92 Å². The van der Waals surface area contributed by atoms with Crippen molar-refractivity contribution in [2.24, 2.45) is 11.8 Å². The minimum atomic E-state index is -0.633. The topological polar surface area (TPSA) is 37.3 Å². The van der Waals surface area contributed by atoms with Gasteiger partial charge >= 0.3 is 5.97 Å². The molecule has 1 fully saturated rings. The first kappa shape index (κ1) is 11.2. The maximum absolute atomic E-state index is 10.8. The molecule has 0 bridgehead atoms. The normalized spacial score (nSPS) is 23.2. The smallest absolute Gasteiger partial charge is 0.306 e. The van der Waals surface area contributed by atoms with Gasteiger partial charge < -0.3 is 5.11 Å². The highest BCUT2D eigenvalue weighted by Crippen LogP contribution is 2.41. The first-order valence-corrected chi connectivity index (χ1v) is 5.78. The predicted molar refractivity (Wildman–Crippen MR) is 63.6 cm³/mol. The van der Waals surface area contributed by atoms with Crippen LogP contribution in [0, 0.1) is 32.6 Å². The van der Waals surface area contributed by atoms with Crippen molar-refractivity contribution in [2.75, 3.05) is 0 Å². The number of benzene rings is 1. The van der Waals surface area contributed by atoms with Crippen LogP contribution in [-0.2, 0) is 11.2 Å². The summed E-state index contributed by atoms with van der Waals surface area (Å²) in [5, 5.41) is 8.87. The van der Waals surface area contributed by atoms with Crippen molar-refractivity contribution in [1.82, 2.24) is 0 Å². The zero-order valence-electron chi connectivity index (χ0n) is 10.1. The third-order valence-electron chi connectivity index (χ3n) is 3.67. The van der Waals surface area contributed by atoms with Crippen molar-refractivity contribution in [3.63, 3.8) is 0 Å². The van der Waals surface area contributed by atoms with Gasteiger partial charge in [-0.25, -0.2) is 0 Å². The molecule has 0 amide bonds. The van der Waals surface area contributed by atoms with Crippen LogP contribution in [0.1, 0.15) is 28.7 Å². The van der Waals surface area contributed by atoms with Gasteiger partial charge in [-0.05, 0) is 61.8 Å². The minimum Gasteiger partial charge on any atom is -0.481 e. The van der Waals surface area contributed by atoms with E-state index in [0.717, 1.165) is 12.8 Å². The van der Waals surface area contributed by atoms with Crippen LogP contribution in [0.25, 0.3) is 0 Å². The molecule has 86 valence electrons. The fraction of sp³-hybridized carbons (Fsp3) is 0.500. The third kappa shape index (κ3) is 2.11. The van der Waals surface area contributed by atoms with Crippen LogP contribution >= 0.6 is 0 Å². The fourth-order valence-corrected chi connectivity index (χ4v) is 2.30. The number of hydrogen-bond donors (Lipinski definition) is 1. The lowest BCUT2D eigenvalue weighted by Crippen LogP contribution is -2.02. The number of rotatable bonds is 3. The van der Waals surface area contributed by atoms with E-state index in [1.807, 2.05) is 0 Å². The SMILES string of the molecule is Cc1cc(C)c(CC2CC2C(=O)O)cc1C. The summed E-state index contributed by atoms with van der Waals surface area (Å²) in [7, 11) is 0. The van der Waals surface area contributed by atoms with E-state index >= 15 is 0 Å². The van der Waals surface area contributed by atoms with E-state index in [0.29, 0.717) is 5.92 Å². The standard InChI is InChI=1S/C14H18O2/c1-8-4-10(3)11(5-9(8)2)6-12-7-13(12)14(15)16/h4-5,12-13H,6-7H2,1-3H3,(H,15,16). The van der Waals surface area contributed by atoms with Crippen LogP contribution < -0.4 is 0 Å². The Morgan fingerprint density at radius 3 is 2.44 bits per heavy atom. The number of hydrogen-bond acceptors (Lipinski definition) is 1. The molecule has 16 heavy (non-hydrogen) atoms. The Morgan fingerprint density at radius 2 is 1.88 bits per heavy atom. The van der Waals surface area contributed by atoms with Gasteiger partial charge in [-0.2, -0.15) is 0 Å². The molecule has 0 radical (unpaired) electrons. The van der Waals surface area contributed by atoms with E-state index < -0.39 is 5.97 Å². The number of aliphatic carboxylic acids is 1. The van der Waals surface area contributed by atoms with Crippen molar-refractivity contribution in [2.45, 2.75) is 33.6 Å². The van der Waals surface area contributed by atoms with E-state index in [1.54, 1.807) is 0 Å². The number of carboxylic acids is 1. The number of carbonyl (C=O) groups is 1. The van der Waals surface area contributed by atoms with Gasteiger partial charge in [0.2, 0.25) is 0 Å². The van der Waals surface area contributed by atoms with Gasteiger partial charge in [0, 0.05) is 0 Å². The maximum Gasteiger partial charge on any atom is 0.306 e. The molecule has 0 aliphatic heterocycles. The summed E-state index contributed by atoms with van der Waals surface area (Å²) in [6.07, 6.45) is 1.77. The van der Waals surface area contributed by atoms with Crippen molar-refractivity contribution < 1.29 is 9.90 Å². The van der Waals surface area contributed by atoms with E-state index in [4.69, 9.17) is 5.11 Å². The summed E-state index contributed by atoms with van der Waals surface area (Å²) in [5.74, 6) is -0.370. The Bertz CT molecular complexity index is 435. The Hall–Kier alpha value is -1.31. The lowest BCUT2D eigenvalue weighted by Gasteiger charge is -2.09. The molecule has 2 nitrogen and oxygen atoms in total. The molecule has 1 aromatic carbocycles. The van der Waals surface area contributed by atoms with E-state index in [9.17, 15) is 4.79 Å². The average molecular weight is 218 g/mol. The lowest BCUT2D eigenvalue weighted by atomic mass is 9.97. The summed E-state index contributed by atoms with van der Waals surface area (Å²) >= 11 is 0. The molecule has 1 N–H and O–H groups in total. The van der Waals surface area contributed by atoms with Crippen molar-refractivity contribution in [3.05, 3.63) is 34.4 Å². The molecule has 1 aromatic rings. The summed E-state index contributed by atoms with van der Waals surface area (Å²) in [6.45, 7) is 6.34. The first-order valence-electron chi connectivity index (χ1n) is 5.78. The zero-order valence-corrected chi connectivity index (χ0v) is 10.1. The highest BCUT2D eigenvalue weighted by Gasteiger charge is 2.42. The van der Waals surface area contributed by atoms with Gasteiger partial charge in [0.15, 0.2) is 0 Å². The summed E-state index contributed by atoms with van der Waals surface area (Å²) in [6, 6.07) is 4.41. The summed E-state index contributed by atoms with van der Waals surface area (Å²) in [4.78, 5) is 10.8.